The number of nitrogens with two attached hydrogens (primary N) is 1. The van der Waals surface area contributed by atoms with Crippen LogP contribution in [0.4, 0.5) is 66.5 Å². The molecule has 34 nitrogen and oxygen atoms in total. The van der Waals surface area contributed by atoms with Crippen LogP contribution in [-0.2, 0) is 64.5 Å². The van der Waals surface area contributed by atoms with E-state index in [1.807, 2.05) is 54.7 Å². The fourth-order valence-electron chi connectivity index (χ4n) is 16.4. The molecule has 42 heteroatoms. The van der Waals surface area contributed by atoms with Crippen LogP contribution in [0.3, 0.4) is 0 Å². The molecular formula is C101H98BrClF6N18O16. The molecule has 3 amide bonds. The third-order valence-electron chi connectivity index (χ3n) is 23.5. The average Bonchev–Trinajstić information content (AvgIpc) is 1.62. The van der Waals surface area contributed by atoms with Crippen LogP contribution >= 0.6 is 27.5 Å². The zero-order valence-corrected chi connectivity index (χ0v) is 80.5. The Balaban J connectivity index is 0.000000144. The number of aliphatic hydroxyl groups is 1. The van der Waals surface area contributed by atoms with Gasteiger partial charge in [-0.25, -0.2) is 46.3 Å². The second kappa shape index (κ2) is 49.3. The first-order chi connectivity index (χ1) is 69.3. The molecule has 5 aromatic carbocycles. The number of halogens is 8. The maximum absolute atomic E-state index is 14.8. The fourth-order valence-corrected chi connectivity index (χ4v) is 16.9. The van der Waals surface area contributed by atoms with E-state index in [0.29, 0.717) is 121 Å². The van der Waals surface area contributed by atoms with E-state index >= 15 is 0 Å². The number of anilines is 5. The van der Waals surface area contributed by atoms with Crippen molar-refractivity contribution in [2.45, 2.75) is 45.6 Å². The molecule has 7 aliphatic heterocycles. The van der Waals surface area contributed by atoms with Gasteiger partial charge in [0.25, 0.3) is 17.7 Å². The zero-order valence-electron chi connectivity index (χ0n) is 78.1. The van der Waals surface area contributed by atoms with E-state index in [1.165, 1.54) is 80.2 Å². The van der Waals surface area contributed by atoms with E-state index in [1.54, 1.807) is 92.1 Å². The minimum absolute atomic E-state index is 0.0472. The topological polar surface area (TPSA) is 392 Å². The summed E-state index contributed by atoms with van der Waals surface area (Å²) in [4.78, 5) is 104. The van der Waals surface area contributed by atoms with Crippen LogP contribution in [0.25, 0.3) is 33.8 Å². The van der Waals surface area contributed by atoms with Crippen LogP contribution in [0.2, 0.25) is 5.02 Å². The molecule has 0 spiro atoms. The number of amides is 3. The van der Waals surface area contributed by atoms with Crippen molar-refractivity contribution in [2.75, 3.05) is 166 Å². The van der Waals surface area contributed by atoms with Crippen LogP contribution in [0.1, 0.15) is 81.8 Å². The Labute approximate surface area is 830 Å². The van der Waals surface area contributed by atoms with E-state index in [2.05, 4.69) is 80.7 Å². The van der Waals surface area contributed by atoms with Gasteiger partial charge >= 0.3 is 11.6 Å². The van der Waals surface area contributed by atoms with Gasteiger partial charge in [-0.15, -0.1) is 0 Å². The van der Waals surface area contributed by atoms with E-state index in [0.717, 1.165) is 135 Å². The van der Waals surface area contributed by atoms with Crippen LogP contribution in [0.5, 0.6) is 23.0 Å². The Hall–Kier alpha value is -15.1. The lowest BCUT2D eigenvalue weighted by atomic mass is 9.98. The van der Waals surface area contributed by atoms with Gasteiger partial charge in [0, 0.05) is 119 Å². The van der Waals surface area contributed by atoms with Crippen LogP contribution < -0.4 is 49.6 Å². The molecule has 0 unspecified atom stereocenters. The van der Waals surface area contributed by atoms with Crippen molar-refractivity contribution in [2.24, 2.45) is 0 Å². The predicted octanol–water partition coefficient (Wildman–Crippen LogP) is 15.7. The highest BCUT2D eigenvalue weighted by molar-refractivity contribution is 9.10. The number of aliphatic hydroxyl groups excluding tert-OH is 1. The van der Waals surface area contributed by atoms with Crippen molar-refractivity contribution in [3.05, 3.63) is 333 Å². The number of nitro groups is 2. The largest absolute Gasteiger partial charge is 0.497 e. The number of hydrogen-bond donors (Lipinski definition) is 3. The molecule has 4 fully saturated rings. The molecule has 143 heavy (non-hydrogen) atoms. The van der Waals surface area contributed by atoms with Gasteiger partial charge in [-0.3, -0.25) is 24.4 Å². The summed E-state index contributed by atoms with van der Waals surface area (Å²) < 4.78 is 130. The summed E-state index contributed by atoms with van der Waals surface area (Å²) in [5.74, 6) is -2.32. The monoisotopic (exact) mass is 2050 g/mol. The first-order valence-corrected chi connectivity index (χ1v) is 46.1. The highest BCUT2D eigenvalue weighted by atomic mass is 79.9. The lowest BCUT2D eigenvalue weighted by Gasteiger charge is -2.28. The zero-order chi connectivity index (χ0) is 101. The normalized spacial score (nSPS) is 14.4. The van der Waals surface area contributed by atoms with Crippen LogP contribution in [0.15, 0.2) is 205 Å². The van der Waals surface area contributed by atoms with Gasteiger partial charge in [-0.1, -0.05) is 29.8 Å². The number of rotatable bonds is 21. The summed E-state index contributed by atoms with van der Waals surface area (Å²) in [5, 5.41) is 30.3. The first-order valence-electron chi connectivity index (χ1n) is 44.9. The van der Waals surface area contributed by atoms with Crippen molar-refractivity contribution in [1.82, 2.24) is 55.0 Å². The Morgan fingerprint density at radius 2 is 0.776 bits per heavy atom. The van der Waals surface area contributed by atoms with E-state index in [-0.39, 0.29) is 106 Å². The second-order valence-corrected chi connectivity index (χ2v) is 33.7. The van der Waals surface area contributed by atoms with E-state index < -0.39 is 44.7 Å². The van der Waals surface area contributed by atoms with Gasteiger partial charge in [0.2, 0.25) is 0 Å². The number of aromatic nitrogens is 8. The maximum Gasteiger partial charge on any atom is 0.363 e. The van der Waals surface area contributed by atoms with Gasteiger partial charge in [0.1, 0.15) is 63.7 Å². The first kappa shape index (κ1) is 104. The summed E-state index contributed by atoms with van der Waals surface area (Å²) >= 11 is 9.43. The number of ether oxygens (including phenoxy) is 8. The number of nitrogen functional groups attached to an aromatic ring is 1. The number of benzene rings is 5. The Kier molecular flexibility index (Phi) is 35.8. The number of hydrogen-bond acceptors (Lipinski definition) is 29. The Bertz CT molecular complexity index is 6610. The minimum atomic E-state index is -0.748. The summed E-state index contributed by atoms with van der Waals surface area (Å²) in [5.41, 5.74) is 16.0. The molecule has 744 valence electrons. The van der Waals surface area contributed by atoms with Gasteiger partial charge in [-0.05, 0) is 174 Å². The highest BCUT2D eigenvalue weighted by Crippen LogP contribution is 2.40. The highest BCUT2D eigenvalue weighted by Gasteiger charge is 2.37. The Morgan fingerprint density at radius 3 is 1.13 bits per heavy atom. The van der Waals surface area contributed by atoms with Crippen molar-refractivity contribution in [3.8, 4) is 56.8 Å². The third-order valence-corrected chi connectivity index (χ3v) is 24.3. The molecule has 0 radical (unpaired) electrons. The molecule has 20 rings (SSSR count). The number of methoxy groups -OCH3 is 4. The quantitative estimate of drug-likeness (QED) is 0.0342. The fraction of sp³-hybridized carbons (Fsp3) is 0.277. The molecule has 15 heterocycles. The molecular weight excluding hydrogens is 1950 g/mol. The van der Waals surface area contributed by atoms with Crippen LogP contribution in [0, 0.1) is 55.1 Å². The Morgan fingerprint density at radius 1 is 0.420 bits per heavy atom. The number of morpholine rings is 4. The lowest BCUT2D eigenvalue weighted by Crippen LogP contribution is -2.36. The number of fused-ring (bicyclic) bond motifs is 3. The van der Waals surface area contributed by atoms with Crippen molar-refractivity contribution >= 4 is 85.5 Å². The summed E-state index contributed by atoms with van der Waals surface area (Å²) in [6.45, 7) is 13.5. The van der Waals surface area contributed by atoms with E-state index in [4.69, 9.17) is 60.3 Å². The summed E-state index contributed by atoms with van der Waals surface area (Å²) in [6, 6.07) is 43.9. The standard InChI is InChI=1S/C32H30F2N4O4.C23H20F2N4O2.C22H17ClF2N2O3.C9H11N3O3.C9H13N3O.C5H3BrN2O2.CH4O/c1-40-24-9-6-20(29(16-24)41-2)18-38-19-28-30(32(38)39)21(15-27(36-28)31-25(33)4-3-5-26(31)34)14-22-7-8-23(17-35-22)37-10-12-42-13-11-37;24-17-2-1-3-18(25)22(17)19-11-14(21-20(28-19)13-27-23(21)30)10-15-4-5-16(12-26-15)29-6-8-31-9-7-29;1-29-13-7-6-12(19(8-13)30-2)10-27-11-18-20(22(27)28)14(23)9-17(26-18)21-15(24)4-3-5-16(21)25;13-12(14)9-2-1-8(7-10-9)11-3-5-15-6-4-11;10-9-2-1-8(7-11-9)12-3-5-13-6-4-12;6-4-1-2-5(7-3-4)8(9)10;1-2/h3-9,15-17H,10-14,18-19H2,1-2H3;1-5,11-12H,6-10,13H2,(H,27,30);3-9H,10-11H2,1-2H3;1-2,7H,3-6H2;1-2,7H,3-6H2,(H2,10,11);1-3H;2H,1H3. The van der Waals surface area contributed by atoms with Crippen molar-refractivity contribution < 1.29 is 93.6 Å². The van der Waals surface area contributed by atoms with Crippen molar-refractivity contribution in [3.63, 3.8) is 0 Å². The summed E-state index contributed by atoms with van der Waals surface area (Å²) in [7, 11) is 7.22. The van der Waals surface area contributed by atoms with Gasteiger partial charge < -0.3 is 104 Å². The lowest BCUT2D eigenvalue weighted by molar-refractivity contribution is -0.389. The minimum Gasteiger partial charge on any atom is -0.497 e. The SMILES string of the molecule is CO.COc1ccc(CN2Cc3nc(-c4c(F)cccc4F)cc(Cc4ccc(N5CCOCC5)cn4)c3C2=O)c(OC)c1.COc1ccc(CN2Cc3nc(-c4c(F)cccc4F)cc(Cl)c3C2=O)c(OC)c1.Nc1ccc(N2CCOCC2)cn1.O=C1NCc2nc(-c3c(F)cccc3F)cc(Cc3ccc(N4CCOCC4)cn3)c21.O=[N+]([O-])c1ccc(Br)cn1.O=[N+]([O-])c1ccc(N2CCOCC2)cn1. The molecule has 4 N–H and O–H groups in total. The summed E-state index contributed by atoms with van der Waals surface area (Å²) in [6.07, 6.45) is 8.99. The molecule has 0 aliphatic carbocycles. The number of carbonyl (C=O) groups excluding carboxylic acids is 3. The van der Waals surface area contributed by atoms with E-state index in [9.17, 15) is 61.0 Å². The number of carbonyl (C=O) groups is 3. The molecule has 0 atom stereocenters. The van der Waals surface area contributed by atoms with Gasteiger partial charge in [0.05, 0.1) is 232 Å². The second-order valence-electron chi connectivity index (χ2n) is 32.4. The molecule has 4 saturated heterocycles. The molecule has 13 aromatic rings. The average molecular weight is 2050 g/mol. The molecule has 0 saturated carbocycles. The third kappa shape index (κ3) is 26.0. The van der Waals surface area contributed by atoms with Gasteiger partial charge in [0.15, 0.2) is 12.4 Å². The van der Waals surface area contributed by atoms with Crippen molar-refractivity contribution in [1.29, 1.82) is 0 Å². The smallest absolute Gasteiger partial charge is 0.363 e. The molecule has 8 aromatic heterocycles. The maximum atomic E-state index is 14.8. The molecule has 0 bridgehead atoms. The number of pyridine rings is 8. The number of nitrogens with one attached hydrogen (secondary N) is 1. The van der Waals surface area contributed by atoms with Crippen LogP contribution in [-0.4, -0.2) is 223 Å². The number of nitrogens with zero attached hydrogens (tertiary/aromatic N) is 16. The van der Waals surface area contributed by atoms with Gasteiger partial charge in [-0.2, -0.15) is 0 Å². The predicted molar refractivity (Wildman–Crippen MR) is 524 cm³/mol. The molecule has 7 aliphatic rings.